The number of halogens is 2. The van der Waals surface area contributed by atoms with E-state index in [1.54, 1.807) is 36.5 Å². The van der Waals surface area contributed by atoms with Crippen LogP contribution in [-0.2, 0) is 0 Å². The Morgan fingerprint density at radius 2 is 2.14 bits per heavy atom. The Kier molecular flexibility index (Phi) is 4.38. The molecule has 2 aromatic heterocycles. The van der Waals surface area contributed by atoms with Gasteiger partial charge in [-0.15, -0.1) is 11.3 Å². The van der Waals surface area contributed by atoms with Crippen LogP contribution in [-0.4, -0.2) is 17.1 Å². The molecule has 4 nitrogen and oxygen atoms in total. The van der Waals surface area contributed by atoms with Gasteiger partial charge in [0, 0.05) is 21.3 Å². The average Bonchev–Trinajstić information content (AvgIpc) is 2.84. The average molecular weight is 350 g/mol. The minimum absolute atomic E-state index is 0.366. The molecule has 3 aromatic rings. The van der Waals surface area contributed by atoms with Crippen LogP contribution >= 0.6 is 34.5 Å². The molecule has 0 saturated heterocycles. The minimum Gasteiger partial charge on any atom is -0.266 e. The van der Waals surface area contributed by atoms with Gasteiger partial charge in [-0.1, -0.05) is 35.3 Å². The fraction of sp³-hybridized carbons (Fsp3) is 0. The van der Waals surface area contributed by atoms with Gasteiger partial charge < -0.3 is 0 Å². The summed E-state index contributed by atoms with van der Waals surface area (Å²) in [6.45, 7) is 0. The van der Waals surface area contributed by atoms with Crippen LogP contribution in [0.4, 0.5) is 0 Å². The van der Waals surface area contributed by atoms with Gasteiger partial charge in [0.05, 0.1) is 16.9 Å². The SMILES string of the molecule is O=C(NN=Cc1ccccn1)c1sc2cc(Cl)ccc2c1Cl. The Balaban J connectivity index is 1.80. The van der Waals surface area contributed by atoms with E-state index in [-0.39, 0.29) is 5.91 Å². The van der Waals surface area contributed by atoms with Crippen molar-refractivity contribution in [1.82, 2.24) is 10.4 Å². The Hall–Kier alpha value is -1.95. The van der Waals surface area contributed by atoms with Crippen molar-refractivity contribution < 1.29 is 4.79 Å². The normalized spacial score (nSPS) is 11.2. The quantitative estimate of drug-likeness (QED) is 0.563. The van der Waals surface area contributed by atoms with Crippen LogP contribution in [0.2, 0.25) is 10.0 Å². The van der Waals surface area contributed by atoms with Crippen molar-refractivity contribution in [1.29, 1.82) is 0 Å². The Labute approximate surface area is 140 Å². The molecule has 1 N–H and O–H groups in total. The lowest BCUT2D eigenvalue weighted by atomic mass is 10.2. The Bertz CT molecular complexity index is 862. The smallest absolute Gasteiger partial charge is 0.266 e. The highest BCUT2D eigenvalue weighted by Gasteiger charge is 2.16. The van der Waals surface area contributed by atoms with Gasteiger partial charge in [0.25, 0.3) is 5.91 Å². The molecule has 0 aliphatic carbocycles. The van der Waals surface area contributed by atoms with E-state index in [1.807, 2.05) is 6.07 Å². The molecule has 0 saturated carbocycles. The van der Waals surface area contributed by atoms with Crippen molar-refractivity contribution in [3.63, 3.8) is 0 Å². The van der Waals surface area contributed by atoms with Gasteiger partial charge in [0.1, 0.15) is 4.88 Å². The molecule has 110 valence electrons. The molecule has 7 heteroatoms. The van der Waals surface area contributed by atoms with Crippen LogP contribution < -0.4 is 5.43 Å². The standard InChI is InChI=1S/C15H9Cl2N3OS/c16-9-4-5-11-12(7-9)22-14(13(11)17)15(21)20-19-8-10-3-1-2-6-18-10/h1-8H,(H,20,21). The summed E-state index contributed by atoms with van der Waals surface area (Å²) in [6.07, 6.45) is 3.12. The van der Waals surface area contributed by atoms with Gasteiger partial charge in [-0.3, -0.25) is 9.78 Å². The number of thiophene rings is 1. The van der Waals surface area contributed by atoms with E-state index in [0.29, 0.717) is 20.6 Å². The summed E-state index contributed by atoms with van der Waals surface area (Å²) in [4.78, 5) is 16.6. The first-order valence-electron chi connectivity index (χ1n) is 6.27. The highest BCUT2D eigenvalue weighted by molar-refractivity contribution is 7.21. The summed E-state index contributed by atoms with van der Waals surface area (Å²) in [5.41, 5.74) is 3.10. The largest absolute Gasteiger partial charge is 0.283 e. The molecule has 1 aromatic carbocycles. The summed E-state index contributed by atoms with van der Waals surface area (Å²) in [7, 11) is 0. The van der Waals surface area contributed by atoms with Crippen molar-refractivity contribution in [3.8, 4) is 0 Å². The van der Waals surface area contributed by atoms with Gasteiger partial charge >= 0.3 is 0 Å². The Morgan fingerprint density at radius 1 is 1.27 bits per heavy atom. The zero-order chi connectivity index (χ0) is 15.5. The lowest BCUT2D eigenvalue weighted by molar-refractivity contribution is 0.0959. The number of aromatic nitrogens is 1. The summed E-state index contributed by atoms with van der Waals surface area (Å²) in [6, 6.07) is 10.7. The molecule has 0 bridgehead atoms. The van der Waals surface area contributed by atoms with E-state index in [4.69, 9.17) is 23.2 Å². The van der Waals surface area contributed by atoms with Gasteiger partial charge in [-0.05, 0) is 24.3 Å². The number of pyridine rings is 1. The number of carbonyl (C=O) groups excluding carboxylic acids is 1. The van der Waals surface area contributed by atoms with E-state index < -0.39 is 0 Å². The van der Waals surface area contributed by atoms with Crippen molar-refractivity contribution in [3.05, 3.63) is 63.2 Å². The second-order valence-corrected chi connectivity index (χ2v) is 6.21. The van der Waals surface area contributed by atoms with Crippen LogP contribution in [0.15, 0.2) is 47.7 Å². The predicted molar refractivity (Wildman–Crippen MR) is 91.1 cm³/mol. The van der Waals surface area contributed by atoms with Crippen LogP contribution in [0.3, 0.4) is 0 Å². The summed E-state index contributed by atoms with van der Waals surface area (Å²) in [5.74, 6) is -0.366. The van der Waals surface area contributed by atoms with E-state index in [0.717, 1.165) is 10.1 Å². The molecule has 0 unspecified atom stereocenters. The lowest BCUT2D eigenvalue weighted by Crippen LogP contribution is -2.16. The number of amides is 1. The number of rotatable bonds is 3. The lowest BCUT2D eigenvalue weighted by Gasteiger charge is -1.97. The number of nitrogens with zero attached hydrogens (tertiary/aromatic N) is 2. The number of benzene rings is 1. The van der Waals surface area contributed by atoms with E-state index >= 15 is 0 Å². The highest BCUT2D eigenvalue weighted by Crippen LogP contribution is 2.36. The van der Waals surface area contributed by atoms with Gasteiger partial charge in [0.2, 0.25) is 0 Å². The fourth-order valence-corrected chi connectivity index (χ4v) is 3.53. The van der Waals surface area contributed by atoms with E-state index in [2.05, 4.69) is 15.5 Å². The number of hydrogen-bond acceptors (Lipinski definition) is 4. The monoisotopic (exact) mass is 349 g/mol. The number of hydrogen-bond donors (Lipinski definition) is 1. The first-order chi connectivity index (χ1) is 10.6. The second-order valence-electron chi connectivity index (χ2n) is 4.34. The predicted octanol–water partition coefficient (Wildman–Crippen LogP) is 4.37. The number of nitrogens with one attached hydrogen (secondary N) is 1. The summed E-state index contributed by atoms with van der Waals surface area (Å²) in [5, 5.41) is 5.69. The minimum atomic E-state index is -0.366. The van der Waals surface area contributed by atoms with Gasteiger partial charge in [-0.25, -0.2) is 5.43 Å². The van der Waals surface area contributed by atoms with Gasteiger partial charge in [-0.2, -0.15) is 5.10 Å². The number of carbonyl (C=O) groups is 1. The van der Waals surface area contributed by atoms with Crippen molar-refractivity contribution >= 4 is 56.7 Å². The topological polar surface area (TPSA) is 54.4 Å². The van der Waals surface area contributed by atoms with E-state index in [9.17, 15) is 4.79 Å². The molecular formula is C15H9Cl2N3OS. The summed E-state index contributed by atoms with van der Waals surface area (Å²) >= 11 is 13.5. The first kappa shape index (κ1) is 15.0. The zero-order valence-corrected chi connectivity index (χ0v) is 13.4. The third-order valence-electron chi connectivity index (χ3n) is 2.85. The Morgan fingerprint density at radius 3 is 2.91 bits per heavy atom. The summed E-state index contributed by atoms with van der Waals surface area (Å²) < 4.78 is 0.858. The second kappa shape index (κ2) is 6.44. The highest BCUT2D eigenvalue weighted by atomic mass is 35.5. The first-order valence-corrected chi connectivity index (χ1v) is 7.84. The molecule has 22 heavy (non-hydrogen) atoms. The van der Waals surface area contributed by atoms with Crippen molar-refractivity contribution in [2.45, 2.75) is 0 Å². The molecule has 3 rings (SSSR count). The number of fused-ring (bicyclic) bond motifs is 1. The molecule has 0 aliphatic heterocycles. The molecule has 0 spiro atoms. The van der Waals surface area contributed by atoms with Crippen molar-refractivity contribution in [2.24, 2.45) is 5.10 Å². The maximum atomic E-state index is 12.2. The molecule has 0 atom stereocenters. The van der Waals surface area contributed by atoms with E-state index in [1.165, 1.54) is 17.6 Å². The number of hydrazone groups is 1. The van der Waals surface area contributed by atoms with Crippen LogP contribution in [0, 0.1) is 0 Å². The third kappa shape index (κ3) is 3.11. The van der Waals surface area contributed by atoms with Crippen molar-refractivity contribution in [2.75, 3.05) is 0 Å². The van der Waals surface area contributed by atoms with Crippen LogP contribution in [0.1, 0.15) is 15.4 Å². The fourth-order valence-electron chi connectivity index (χ4n) is 1.85. The maximum absolute atomic E-state index is 12.2. The molecule has 1 amide bonds. The molecular weight excluding hydrogens is 341 g/mol. The van der Waals surface area contributed by atoms with Gasteiger partial charge in [0.15, 0.2) is 0 Å². The molecule has 0 radical (unpaired) electrons. The molecule has 0 aliphatic rings. The maximum Gasteiger partial charge on any atom is 0.283 e. The zero-order valence-electron chi connectivity index (χ0n) is 11.1. The molecule has 2 heterocycles. The third-order valence-corrected chi connectivity index (χ3v) is 4.74. The van der Waals surface area contributed by atoms with Crippen LogP contribution in [0.5, 0.6) is 0 Å². The molecule has 0 fully saturated rings. The van der Waals surface area contributed by atoms with Crippen LogP contribution in [0.25, 0.3) is 10.1 Å².